The summed E-state index contributed by atoms with van der Waals surface area (Å²) in [5, 5.41) is 8.14. The van der Waals surface area contributed by atoms with Gasteiger partial charge in [0, 0.05) is 0 Å². The fourth-order valence-corrected chi connectivity index (χ4v) is 0.334. The van der Waals surface area contributed by atoms with Gasteiger partial charge in [0.15, 0.2) is 0 Å². The van der Waals surface area contributed by atoms with Crippen LogP contribution in [0.5, 0.6) is 0 Å². The van der Waals surface area contributed by atoms with E-state index in [0.717, 1.165) is 12.8 Å². The van der Waals surface area contributed by atoms with Crippen LogP contribution in [0.15, 0.2) is 0 Å². The minimum absolute atomic E-state index is 0.364. The van der Waals surface area contributed by atoms with Crippen molar-refractivity contribution in [1.29, 1.82) is 0 Å². The Hall–Kier alpha value is -0.570. The van der Waals surface area contributed by atoms with Crippen molar-refractivity contribution in [2.24, 2.45) is 0 Å². The Morgan fingerprint density at radius 2 is 2.33 bits per heavy atom. The zero-order chi connectivity index (χ0) is 7.11. The zero-order valence-electron chi connectivity index (χ0n) is 5.30. The van der Waals surface area contributed by atoms with E-state index in [4.69, 9.17) is 5.11 Å². The third-order valence-electron chi connectivity index (χ3n) is 0.786. The fraction of sp³-hybridized carbons (Fsp3) is 0.667. The first kappa shape index (κ1) is 8.43. The summed E-state index contributed by atoms with van der Waals surface area (Å²) in [6, 6.07) is 0. The molecule has 0 aromatic rings. The summed E-state index contributed by atoms with van der Waals surface area (Å²) in [4.78, 5) is 10.2. The second-order valence-corrected chi connectivity index (χ2v) is 1.59. The van der Waals surface area contributed by atoms with E-state index in [1.54, 1.807) is 0 Å². The molecule has 0 heterocycles. The van der Waals surface area contributed by atoms with E-state index in [9.17, 15) is 4.79 Å². The van der Waals surface area contributed by atoms with Crippen molar-refractivity contribution >= 4 is 5.97 Å². The third kappa shape index (κ3) is 5.30. The molecule has 1 N–H and O–H groups in total. The maximum atomic E-state index is 10.2. The molecule has 1 radical (unpaired) electrons. The highest BCUT2D eigenvalue weighted by molar-refractivity contribution is 5.70. The molecular formula is C6H11O3. The standard InChI is InChI=1S/C6H11O3/c1-2-3-4-9-6(8)5-7/h7H,1-5H2. The highest BCUT2D eigenvalue weighted by atomic mass is 16.5. The Balaban J connectivity index is 2.97. The van der Waals surface area contributed by atoms with Gasteiger partial charge in [0.05, 0.1) is 6.61 Å². The van der Waals surface area contributed by atoms with E-state index in [-0.39, 0.29) is 0 Å². The van der Waals surface area contributed by atoms with E-state index < -0.39 is 12.6 Å². The van der Waals surface area contributed by atoms with Gasteiger partial charge in [-0.25, -0.2) is 4.79 Å². The summed E-state index contributed by atoms with van der Waals surface area (Å²) in [7, 11) is 0. The van der Waals surface area contributed by atoms with Gasteiger partial charge >= 0.3 is 5.97 Å². The highest BCUT2D eigenvalue weighted by Gasteiger charge is 1.95. The van der Waals surface area contributed by atoms with E-state index in [1.165, 1.54) is 0 Å². The molecule has 0 aromatic carbocycles. The van der Waals surface area contributed by atoms with E-state index in [0.29, 0.717) is 6.61 Å². The van der Waals surface area contributed by atoms with Gasteiger partial charge in [-0.3, -0.25) is 0 Å². The molecular weight excluding hydrogens is 120 g/mol. The molecule has 0 unspecified atom stereocenters. The van der Waals surface area contributed by atoms with Crippen LogP contribution in [0, 0.1) is 6.92 Å². The Morgan fingerprint density at radius 1 is 1.67 bits per heavy atom. The van der Waals surface area contributed by atoms with Crippen LogP contribution in [-0.4, -0.2) is 24.3 Å². The Labute approximate surface area is 54.6 Å². The number of hydrogen-bond acceptors (Lipinski definition) is 3. The number of aliphatic hydroxyl groups excluding tert-OH is 1. The van der Waals surface area contributed by atoms with Gasteiger partial charge in [0.1, 0.15) is 6.61 Å². The Morgan fingerprint density at radius 3 is 2.78 bits per heavy atom. The summed E-state index contributed by atoms with van der Waals surface area (Å²) in [5.74, 6) is -0.566. The van der Waals surface area contributed by atoms with Gasteiger partial charge in [0.2, 0.25) is 0 Å². The van der Waals surface area contributed by atoms with Gasteiger partial charge in [-0.2, -0.15) is 0 Å². The number of carbonyl (C=O) groups excluding carboxylic acids is 1. The molecule has 0 rings (SSSR count). The molecule has 0 fully saturated rings. The van der Waals surface area contributed by atoms with Gasteiger partial charge < -0.3 is 9.84 Å². The first-order valence-electron chi connectivity index (χ1n) is 2.87. The van der Waals surface area contributed by atoms with Gasteiger partial charge in [-0.1, -0.05) is 13.3 Å². The van der Waals surface area contributed by atoms with E-state index >= 15 is 0 Å². The summed E-state index contributed by atoms with van der Waals surface area (Å²) in [6.45, 7) is 3.39. The number of unbranched alkanes of at least 4 members (excludes halogenated alkanes) is 1. The van der Waals surface area contributed by atoms with Crippen molar-refractivity contribution in [3.63, 3.8) is 0 Å². The number of esters is 1. The van der Waals surface area contributed by atoms with Gasteiger partial charge in [0.25, 0.3) is 0 Å². The molecule has 0 aromatic heterocycles. The SMILES string of the molecule is [CH2]CCCOC(=O)CO. The molecule has 0 aliphatic heterocycles. The first-order valence-corrected chi connectivity index (χ1v) is 2.87. The Kier molecular flexibility index (Phi) is 5.21. The number of ether oxygens (including phenoxy) is 1. The molecule has 0 amide bonds. The lowest BCUT2D eigenvalue weighted by molar-refractivity contribution is -0.146. The summed E-state index contributed by atoms with van der Waals surface area (Å²) in [5.41, 5.74) is 0. The Bertz CT molecular complexity index is 80.4. The van der Waals surface area contributed by atoms with Crippen LogP contribution in [-0.2, 0) is 9.53 Å². The number of hydrogen-bond donors (Lipinski definition) is 1. The van der Waals surface area contributed by atoms with Crippen LogP contribution >= 0.6 is 0 Å². The maximum absolute atomic E-state index is 10.2. The van der Waals surface area contributed by atoms with Crippen molar-refractivity contribution in [1.82, 2.24) is 0 Å². The molecule has 53 valence electrons. The second-order valence-electron chi connectivity index (χ2n) is 1.59. The van der Waals surface area contributed by atoms with Crippen LogP contribution in [0.25, 0.3) is 0 Å². The predicted molar refractivity (Wildman–Crippen MR) is 32.6 cm³/mol. The number of carbonyl (C=O) groups is 1. The minimum Gasteiger partial charge on any atom is -0.464 e. The molecule has 3 nitrogen and oxygen atoms in total. The second kappa shape index (κ2) is 5.56. The number of rotatable bonds is 4. The molecule has 0 bridgehead atoms. The van der Waals surface area contributed by atoms with Crippen LogP contribution in [0.3, 0.4) is 0 Å². The van der Waals surface area contributed by atoms with Crippen molar-refractivity contribution in [3.8, 4) is 0 Å². The monoisotopic (exact) mass is 131 g/mol. The summed E-state index contributed by atoms with van der Waals surface area (Å²) >= 11 is 0. The predicted octanol–water partition coefficient (Wildman–Crippen LogP) is 0.136. The molecule has 3 heteroatoms. The average molecular weight is 131 g/mol. The van der Waals surface area contributed by atoms with Crippen molar-refractivity contribution in [2.75, 3.05) is 13.2 Å². The smallest absolute Gasteiger partial charge is 0.331 e. The van der Waals surface area contributed by atoms with Crippen molar-refractivity contribution < 1.29 is 14.6 Å². The van der Waals surface area contributed by atoms with E-state index in [1.807, 2.05) is 0 Å². The molecule has 0 aliphatic rings. The number of aliphatic hydroxyl groups is 1. The summed E-state index contributed by atoms with van der Waals surface area (Å²) < 4.78 is 4.50. The maximum Gasteiger partial charge on any atom is 0.331 e. The lowest BCUT2D eigenvalue weighted by atomic mass is 10.4. The van der Waals surface area contributed by atoms with Crippen LogP contribution in [0.2, 0.25) is 0 Å². The van der Waals surface area contributed by atoms with Crippen molar-refractivity contribution in [3.05, 3.63) is 6.92 Å². The normalized spacial score (nSPS) is 9.11. The van der Waals surface area contributed by atoms with Crippen LogP contribution in [0.4, 0.5) is 0 Å². The minimum atomic E-state index is -0.566. The molecule has 0 atom stereocenters. The quantitative estimate of drug-likeness (QED) is 0.436. The van der Waals surface area contributed by atoms with Crippen molar-refractivity contribution in [2.45, 2.75) is 12.8 Å². The zero-order valence-corrected chi connectivity index (χ0v) is 5.30. The van der Waals surface area contributed by atoms with Gasteiger partial charge in [-0.05, 0) is 6.42 Å². The highest BCUT2D eigenvalue weighted by Crippen LogP contribution is 1.86. The average Bonchev–Trinajstić information content (AvgIpc) is 1.89. The molecule has 0 saturated carbocycles. The van der Waals surface area contributed by atoms with E-state index in [2.05, 4.69) is 11.7 Å². The molecule has 0 saturated heterocycles. The molecule has 0 spiro atoms. The topological polar surface area (TPSA) is 46.5 Å². The fourth-order valence-electron chi connectivity index (χ4n) is 0.334. The summed E-state index contributed by atoms with van der Waals surface area (Å²) in [6.07, 6.45) is 1.50. The van der Waals surface area contributed by atoms with Crippen LogP contribution < -0.4 is 0 Å². The van der Waals surface area contributed by atoms with Crippen LogP contribution in [0.1, 0.15) is 12.8 Å². The lowest BCUT2D eigenvalue weighted by Crippen LogP contribution is -2.09. The third-order valence-corrected chi connectivity index (χ3v) is 0.786. The lowest BCUT2D eigenvalue weighted by Gasteiger charge is -1.98. The first-order chi connectivity index (χ1) is 4.31. The molecule has 9 heavy (non-hydrogen) atoms. The van der Waals surface area contributed by atoms with Gasteiger partial charge in [-0.15, -0.1) is 0 Å². The largest absolute Gasteiger partial charge is 0.464 e. The molecule has 0 aliphatic carbocycles.